The van der Waals surface area contributed by atoms with E-state index in [2.05, 4.69) is 26.8 Å². The van der Waals surface area contributed by atoms with E-state index in [1.807, 2.05) is 13.8 Å². The number of nitrogen functional groups attached to an aromatic ring is 2. The van der Waals surface area contributed by atoms with Gasteiger partial charge in [0.1, 0.15) is 11.6 Å². The van der Waals surface area contributed by atoms with Crippen LogP contribution in [0.25, 0.3) is 0 Å². The average molecular weight is 314 g/mol. The molecule has 0 fully saturated rings. The van der Waals surface area contributed by atoms with Gasteiger partial charge in [0.15, 0.2) is 11.6 Å². The summed E-state index contributed by atoms with van der Waals surface area (Å²) in [7, 11) is 0. The first-order valence-electron chi connectivity index (χ1n) is 6.90. The lowest BCUT2D eigenvalue weighted by Crippen LogP contribution is -2.09. The molecule has 2 heterocycles. The van der Waals surface area contributed by atoms with E-state index in [4.69, 9.17) is 16.2 Å². The molecule has 0 unspecified atom stereocenters. The molecule has 2 aromatic rings. The Balaban J connectivity index is 2.38. The highest BCUT2D eigenvalue weighted by molar-refractivity contribution is 5.98. The molecule has 8 nitrogen and oxygen atoms in total. The fourth-order valence-electron chi connectivity index (χ4n) is 1.81. The fraction of sp³-hybridized carbons (Fsp3) is 0.200. The summed E-state index contributed by atoms with van der Waals surface area (Å²) in [5.41, 5.74) is 12.1. The molecule has 0 spiro atoms. The van der Waals surface area contributed by atoms with Crippen molar-refractivity contribution >= 4 is 23.5 Å². The van der Waals surface area contributed by atoms with Gasteiger partial charge in [0.05, 0.1) is 6.20 Å². The molecule has 120 valence electrons. The van der Waals surface area contributed by atoms with Crippen LogP contribution in [0.5, 0.6) is 11.5 Å². The first-order chi connectivity index (χ1) is 10.9. The highest BCUT2D eigenvalue weighted by Crippen LogP contribution is 2.33. The third kappa shape index (κ3) is 3.94. The number of amides is 1. The highest BCUT2D eigenvalue weighted by Gasteiger charge is 2.14. The van der Waals surface area contributed by atoms with Gasteiger partial charge < -0.3 is 21.5 Å². The number of pyridine rings is 1. The Labute approximate surface area is 133 Å². The van der Waals surface area contributed by atoms with Gasteiger partial charge in [-0.15, -0.1) is 0 Å². The van der Waals surface area contributed by atoms with Crippen molar-refractivity contribution in [2.75, 3.05) is 16.8 Å². The molecule has 0 atom stereocenters. The molecule has 0 aliphatic carbocycles. The van der Waals surface area contributed by atoms with Crippen molar-refractivity contribution in [3.05, 3.63) is 36.7 Å². The van der Waals surface area contributed by atoms with E-state index >= 15 is 0 Å². The van der Waals surface area contributed by atoms with Gasteiger partial charge in [0.25, 0.3) is 0 Å². The Kier molecular flexibility index (Phi) is 4.75. The number of anilines is 3. The second-order valence-electron chi connectivity index (χ2n) is 5.04. The summed E-state index contributed by atoms with van der Waals surface area (Å²) in [6.45, 7) is 7.39. The number of nitrogens with two attached hydrogens (primary N) is 2. The monoisotopic (exact) mass is 314 g/mol. The van der Waals surface area contributed by atoms with Crippen LogP contribution in [-0.4, -0.2) is 20.9 Å². The smallest absolute Gasteiger partial charge is 0.248 e. The molecule has 5 N–H and O–H groups in total. The van der Waals surface area contributed by atoms with E-state index in [9.17, 15) is 4.79 Å². The SMILES string of the molecule is C=CC(=O)Nc1cc(Oc2cnc(N)nc2N)c(C(C)C)cn1. The Morgan fingerprint density at radius 3 is 2.65 bits per heavy atom. The zero-order valence-electron chi connectivity index (χ0n) is 12.9. The lowest BCUT2D eigenvalue weighted by molar-refractivity contribution is -0.111. The van der Waals surface area contributed by atoms with Gasteiger partial charge in [0, 0.05) is 17.8 Å². The fourth-order valence-corrected chi connectivity index (χ4v) is 1.81. The number of nitrogens with one attached hydrogen (secondary N) is 1. The predicted octanol–water partition coefficient (Wildman–Crippen LogP) is 2.08. The van der Waals surface area contributed by atoms with Gasteiger partial charge in [-0.05, 0) is 12.0 Å². The molecule has 0 aromatic carbocycles. The minimum atomic E-state index is -0.365. The van der Waals surface area contributed by atoms with Crippen LogP contribution < -0.4 is 21.5 Å². The van der Waals surface area contributed by atoms with Gasteiger partial charge in [-0.1, -0.05) is 20.4 Å². The summed E-state index contributed by atoms with van der Waals surface area (Å²) in [5, 5.41) is 2.58. The summed E-state index contributed by atoms with van der Waals surface area (Å²) in [5.74, 6) is 1.08. The van der Waals surface area contributed by atoms with Gasteiger partial charge >= 0.3 is 0 Å². The second kappa shape index (κ2) is 6.73. The quantitative estimate of drug-likeness (QED) is 0.720. The topological polar surface area (TPSA) is 129 Å². The van der Waals surface area contributed by atoms with Crippen molar-refractivity contribution in [2.45, 2.75) is 19.8 Å². The molecule has 0 radical (unpaired) electrons. The van der Waals surface area contributed by atoms with E-state index < -0.39 is 0 Å². The third-order valence-electron chi connectivity index (χ3n) is 2.98. The zero-order chi connectivity index (χ0) is 17.0. The number of rotatable bonds is 5. The molecule has 0 saturated heterocycles. The van der Waals surface area contributed by atoms with Crippen molar-refractivity contribution in [3.8, 4) is 11.5 Å². The molecule has 0 aliphatic heterocycles. The van der Waals surface area contributed by atoms with Crippen molar-refractivity contribution in [1.29, 1.82) is 0 Å². The van der Waals surface area contributed by atoms with Gasteiger partial charge in [-0.25, -0.2) is 9.97 Å². The van der Waals surface area contributed by atoms with Crippen molar-refractivity contribution in [3.63, 3.8) is 0 Å². The Morgan fingerprint density at radius 1 is 1.30 bits per heavy atom. The molecule has 2 rings (SSSR count). The number of hydrogen-bond donors (Lipinski definition) is 3. The van der Waals surface area contributed by atoms with Crippen LogP contribution in [0.15, 0.2) is 31.1 Å². The number of aromatic nitrogens is 3. The molecule has 0 saturated carbocycles. The summed E-state index contributed by atoms with van der Waals surface area (Å²) in [6.07, 6.45) is 4.18. The number of nitrogens with zero attached hydrogens (tertiary/aromatic N) is 3. The first kappa shape index (κ1) is 16.2. The standard InChI is InChI=1S/C15H18N6O2/c1-4-13(22)20-12-5-10(9(6-18-12)8(2)3)23-11-7-19-15(17)21-14(11)16/h4-8H,1H2,2-3H3,(H,18,20,22)(H4,16,17,19,21). The van der Waals surface area contributed by atoms with Crippen LogP contribution in [0.1, 0.15) is 25.3 Å². The molecule has 0 aliphatic rings. The minimum Gasteiger partial charge on any atom is -0.451 e. The molecule has 2 aromatic heterocycles. The number of carbonyl (C=O) groups is 1. The molecule has 1 amide bonds. The van der Waals surface area contributed by atoms with Gasteiger partial charge in [-0.2, -0.15) is 4.98 Å². The van der Waals surface area contributed by atoms with Crippen molar-refractivity contribution in [2.24, 2.45) is 0 Å². The lowest BCUT2D eigenvalue weighted by Gasteiger charge is -2.15. The highest BCUT2D eigenvalue weighted by atomic mass is 16.5. The maximum absolute atomic E-state index is 11.4. The van der Waals surface area contributed by atoms with Gasteiger partial charge in [0.2, 0.25) is 11.9 Å². The van der Waals surface area contributed by atoms with Crippen LogP contribution in [0.2, 0.25) is 0 Å². The Bertz CT molecular complexity index is 745. The van der Waals surface area contributed by atoms with Crippen LogP contribution in [-0.2, 0) is 4.79 Å². The van der Waals surface area contributed by atoms with Crippen LogP contribution >= 0.6 is 0 Å². The predicted molar refractivity (Wildman–Crippen MR) is 88.1 cm³/mol. The lowest BCUT2D eigenvalue weighted by atomic mass is 10.0. The minimum absolute atomic E-state index is 0.0626. The van der Waals surface area contributed by atoms with Gasteiger partial charge in [-0.3, -0.25) is 4.79 Å². The number of ether oxygens (including phenoxy) is 1. The molecular formula is C15H18N6O2. The van der Waals surface area contributed by atoms with Crippen molar-refractivity contribution < 1.29 is 9.53 Å². The molecule has 23 heavy (non-hydrogen) atoms. The summed E-state index contributed by atoms with van der Waals surface area (Å²) < 4.78 is 5.79. The van der Waals surface area contributed by atoms with E-state index in [1.165, 1.54) is 6.20 Å². The maximum Gasteiger partial charge on any atom is 0.248 e. The maximum atomic E-state index is 11.4. The second-order valence-corrected chi connectivity index (χ2v) is 5.04. The molecule has 8 heteroatoms. The zero-order valence-corrected chi connectivity index (χ0v) is 12.9. The third-order valence-corrected chi connectivity index (χ3v) is 2.98. The summed E-state index contributed by atoms with van der Waals surface area (Å²) in [4.78, 5) is 23.3. The van der Waals surface area contributed by atoms with Crippen LogP contribution in [0.4, 0.5) is 17.6 Å². The summed E-state index contributed by atoms with van der Waals surface area (Å²) in [6, 6.07) is 1.60. The van der Waals surface area contributed by atoms with Crippen LogP contribution in [0, 0.1) is 0 Å². The first-order valence-corrected chi connectivity index (χ1v) is 6.90. The van der Waals surface area contributed by atoms with E-state index in [0.29, 0.717) is 11.6 Å². The van der Waals surface area contributed by atoms with E-state index in [1.54, 1.807) is 12.3 Å². The number of hydrogen-bond acceptors (Lipinski definition) is 7. The average Bonchev–Trinajstić information content (AvgIpc) is 2.50. The van der Waals surface area contributed by atoms with E-state index in [-0.39, 0.29) is 29.3 Å². The van der Waals surface area contributed by atoms with E-state index in [0.717, 1.165) is 11.6 Å². The summed E-state index contributed by atoms with van der Waals surface area (Å²) >= 11 is 0. The van der Waals surface area contributed by atoms with Crippen molar-refractivity contribution in [1.82, 2.24) is 15.0 Å². The largest absolute Gasteiger partial charge is 0.451 e. The Hall–Kier alpha value is -3.16. The molecular weight excluding hydrogens is 296 g/mol. The van der Waals surface area contributed by atoms with Crippen LogP contribution in [0.3, 0.4) is 0 Å². The number of carbonyl (C=O) groups excluding carboxylic acids is 1. The normalized spacial score (nSPS) is 10.4. The Morgan fingerprint density at radius 2 is 2.04 bits per heavy atom. The molecule has 0 bridgehead atoms.